The summed E-state index contributed by atoms with van der Waals surface area (Å²) in [6.07, 6.45) is -0.992. The highest BCUT2D eigenvalue weighted by atomic mass is 35.5. The van der Waals surface area contributed by atoms with Crippen molar-refractivity contribution in [3.8, 4) is 0 Å². The van der Waals surface area contributed by atoms with Gasteiger partial charge >= 0.3 is 5.97 Å². The largest absolute Gasteiger partial charge is 0.451 e. The molecule has 0 saturated heterocycles. The molecule has 0 aromatic heterocycles. The fraction of sp³-hybridized carbons (Fsp3) is 0.526. The van der Waals surface area contributed by atoms with Crippen molar-refractivity contribution >= 4 is 41.0 Å². The molecule has 0 saturated carbocycles. The first kappa shape index (κ1) is 23.2. The molecule has 0 radical (unpaired) electrons. The van der Waals surface area contributed by atoms with E-state index in [9.17, 15) is 14.4 Å². The van der Waals surface area contributed by atoms with E-state index in [1.165, 1.54) is 25.1 Å². The summed E-state index contributed by atoms with van der Waals surface area (Å²) in [5.74, 6) is -1.89. The molecule has 150 valence electrons. The van der Waals surface area contributed by atoms with Crippen LogP contribution in [0.2, 0.25) is 10.0 Å². The van der Waals surface area contributed by atoms with Crippen molar-refractivity contribution in [2.75, 3.05) is 0 Å². The van der Waals surface area contributed by atoms with E-state index in [0.29, 0.717) is 5.02 Å². The average Bonchev–Trinajstić information content (AvgIpc) is 2.50. The number of esters is 1. The highest BCUT2D eigenvalue weighted by Gasteiger charge is 2.30. The molecule has 2 atom stereocenters. The second kappa shape index (κ2) is 9.42. The van der Waals surface area contributed by atoms with E-state index in [1.54, 1.807) is 13.8 Å². The van der Waals surface area contributed by atoms with Gasteiger partial charge in [0.2, 0.25) is 0 Å². The monoisotopic (exact) mass is 416 g/mol. The number of amides is 2. The van der Waals surface area contributed by atoms with Gasteiger partial charge in [-0.25, -0.2) is 4.79 Å². The SMILES string of the molecule is CC(C)[C@H](NC(=O)c1ccc(Cl)cc1Cl)C(=O)O[C@@H](C)C(=O)NC(C)(C)C. The number of hydrogen-bond donors (Lipinski definition) is 2. The van der Waals surface area contributed by atoms with E-state index in [4.69, 9.17) is 27.9 Å². The number of carbonyl (C=O) groups is 3. The zero-order valence-corrected chi connectivity index (χ0v) is 17.9. The van der Waals surface area contributed by atoms with Gasteiger partial charge in [0, 0.05) is 10.6 Å². The summed E-state index contributed by atoms with van der Waals surface area (Å²) in [4.78, 5) is 37.1. The van der Waals surface area contributed by atoms with Crippen LogP contribution < -0.4 is 10.6 Å². The van der Waals surface area contributed by atoms with Gasteiger partial charge in [-0.1, -0.05) is 37.0 Å². The van der Waals surface area contributed by atoms with Crippen molar-refractivity contribution in [3.05, 3.63) is 33.8 Å². The number of nitrogens with one attached hydrogen (secondary N) is 2. The molecule has 6 nitrogen and oxygen atoms in total. The Morgan fingerprint density at radius 1 is 1.07 bits per heavy atom. The van der Waals surface area contributed by atoms with Crippen LogP contribution in [-0.2, 0) is 14.3 Å². The first-order valence-electron chi connectivity index (χ1n) is 8.60. The lowest BCUT2D eigenvalue weighted by Crippen LogP contribution is -2.50. The number of rotatable bonds is 6. The van der Waals surface area contributed by atoms with Gasteiger partial charge in [-0.3, -0.25) is 9.59 Å². The first-order chi connectivity index (χ1) is 12.3. The summed E-state index contributed by atoms with van der Waals surface area (Å²) in [6, 6.07) is 3.51. The van der Waals surface area contributed by atoms with Crippen molar-refractivity contribution in [2.45, 2.75) is 59.2 Å². The molecule has 0 heterocycles. The maximum absolute atomic E-state index is 12.5. The second-order valence-electron chi connectivity index (χ2n) is 7.64. The lowest BCUT2D eigenvalue weighted by atomic mass is 10.0. The van der Waals surface area contributed by atoms with E-state index in [2.05, 4.69) is 10.6 Å². The number of halogens is 2. The average molecular weight is 417 g/mol. The fourth-order valence-electron chi connectivity index (χ4n) is 2.16. The molecule has 2 N–H and O–H groups in total. The van der Waals surface area contributed by atoms with E-state index in [0.717, 1.165) is 0 Å². The quantitative estimate of drug-likeness (QED) is 0.693. The van der Waals surface area contributed by atoms with Crippen LogP contribution in [0.25, 0.3) is 0 Å². The minimum absolute atomic E-state index is 0.175. The Balaban J connectivity index is 2.84. The zero-order chi connectivity index (χ0) is 20.9. The fourth-order valence-corrected chi connectivity index (χ4v) is 2.66. The summed E-state index contributed by atoms with van der Waals surface area (Å²) in [5, 5.41) is 5.92. The van der Waals surface area contributed by atoms with Gasteiger partial charge in [0.25, 0.3) is 11.8 Å². The minimum Gasteiger partial charge on any atom is -0.451 e. The van der Waals surface area contributed by atoms with Crippen molar-refractivity contribution in [1.82, 2.24) is 10.6 Å². The maximum atomic E-state index is 12.5. The summed E-state index contributed by atoms with van der Waals surface area (Å²) in [7, 11) is 0. The first-order valence-corrected chi connectivity index (χ1v) is 9.36. The lowest BCUT2D eigenvalue weighted by Gasteiger charge is -2.26. The van der Waals surface area contributed by atoms with Crippen LogP contribution in [0, 0.1) is 5.92 Å². The molecule has 0 spiro atoms. The molecule has 8 heteroatoms. The second-order valence-corrected chi connectivity index (χ2v) is 8.48. The normalized spacial score (nSPS) is 13.7. The van der Waals surface area contributed by atoms with E-state index < -0.39 is 35.5 Å². The van der Waals surface area contributed by atoms with E-state index >= 15 is 0 Å². The summed E-state index contributed by atoms with van der Waals surface area (Å²) < 4.78 is 5.25. The van der Waals surface area contributed by atoms with Crippen LogP contribution in [0.15, 0.2) is 18.2 Å². The number of ether oxygens (including phenoxy) is 1. The molecule has 0 fully saturated rings. The van der Waals surface area contributed by atoms with Crippen LogP contribution in [0.4, 0.5) is 0 Å². The van der Waals surface area contributed by atoms with Crippen LogP contribution in [0.1, 0.15) is 51.9 Å². The van der Waals surface area contributed by atoms with E-state index in [-0.39, 0.29) is 16.5 Å². The molecule has 0 aliphatic rings. The van der Waals surface area contributed by atoms with Gasteiger partial charge in [0.1, 0.15) is 6.04 Å². The Hall–Kier alpha value is -1.79. The number of carbonyl (C=O) groups excluding carboxylic acids is 3. The Labute approximate surface area is 169 Å². The van der Waals surface area contributed by atoms with Crippen molar-refractivity contribution in [3.63, 3.8) is 0 Å². The molecule has 2 amide bonds. The predicted molar refractivity (Wildman–Crippen MR) is 106 cm³/mol. The zero-order valence-electron chi connectivity index (χ0n) is 16.4. The van der Waals surface area contributed by atoms with Gasteiger partial charge in [0.05, 0.1) is 10.6 Å². The smallest absolute Gasteiger partial charge is 0.329 e. The van der Waals surface area contributed by atoms with E-state index in [1.807, 2.05) is 20.8 Å². The Bertz CT molecular complexity index is 714. The van der Waals surface area contributed by atoms with Crippen LogP contribution in [-0.4, -0.2) is 35.5 Å². The van der Waals surface area contributed by atoms with Crippen LogP contribution in [0.5, 0.6) is 0 Å². The van der Waals surface area contributed by atoms with Gasteiger partial charge < -0.3 is 15.4 Å². The molecule has 1 aromatic rings. The van der Waals surface area contributed by atoms with Crippen molar-refractivity contribution in [2.24, 2.45) is 5.92 Å². The highest BCUT2D eigenvalue weighted by molar-refractivity contribution is 6.36. The standard InChI is InChI=1S/C19H26Cl2N2O4/c1-10(2)15(18(26)27-11(3)16(24)23-19(4,5)6)22-17(25)13-8-7-12(20)9-14(13)21/h7-11,15H,1-6H3,(H,22,25)(H,23,24)/t11-,15-/m0/s1. The summed E-state index contributed by atoms with van der Waals surface area (Å²) in [6.45, 7) is 10.5. The Morgan fingerprint density at radius 2 is 1.67 bits per heavy atom. The molecule has 27 heavy (non-hydrogen) atoms. The van der Waals surface area contributed by atoms with Gasteiger partial charge in [0.15, 0.2) is 6.10 Å². The summed E-state index contributed by atoms with van der Waals surface area (Å²) >= 11 is 11.9. The Kier molecular flexibility index (Phi) is 8.11. The molecular formula is C19H26Cl2N2O4. The van der Waals surface area contributed by atoms with Crippen molar-refractivity contribution in [1.29, 1.82) is 0 Å². The highest BCUT2D eigenvalue weighted by Crippen LogP contribution is 2.21. The van der Waals surface area contributed by atoms with Crippen molar-refractivity contribution < 1.29 is 19.1 Å². The minimum atomic E-state index is -0.992. The van der Waals surface area contributed by atoms with Gasteiger partial charge in [-0.2, -0.15) is 0 Å². The number of benzene rings is 1. The maximum Gasteiger partial charge on any atom is 0.329 e. The van der Waals surface area contributed by atoms with Gasteiger partial charge in [-0.05, 0) is 51.8 Å². The molecule has 1 aromatic carbocycles. The van der Waals surface area contributed by atoms with Crippen LogP contribution >= 0.6 is 23.2 Å². The third-order valence-electron chi connectivity index (χ3n) is 3.54. The third kappa shape index (κ3) is 7.39. The molecule has 0 unspecified atom stereocenters. The molecule has 0 aliphatic heterocycles. The lowest BCUT2D eigenvalue weighted by molar-refractivity contribution is -0.158. The molecular weight excluding hydrogens is 391 g/mol. The summed E-state index contributed by atoms with van der Waals surface area (Å²) in [5.41, 5.74) is -0.257. The molecule has 0 aliphatic carbocycles. The Morgan fingerprint density at radius 3 is 2.15 bits per heavy atom. The van der Waals surface area contributed by atoms with Gasteiger partial charge in [-0.15, -0.1) is 0 Å². The topological polar surface area (TPSA) is 84.5 Å². The number of hydrogen-bond acceptors (Lipinski definition) is 4. The molecule has 1 rings (SSSR count). The molecule has 0 bridgehead atoms. The van der Waals surface area contributed by atoms with Crippen LogP contribution in [0.3, 0.4) is 0 Å². The predicted octanol–water partition coefficient (Wildman–Crippen LogP) is 3.59. The third-order valence-corrected chi connectivity index (χ3v) is 4.09.